The maximum Gasteiger partial charge on any atom is 0.232 e. The number of nitrogens with zero attached hydrogens (tertiary/aromatic N) is 1. The van der Waals surface area contributed by atoms with Crippen LogP contribution in [0.3, 0.4) is 0 Å². The van der Waals surface area contributed by atoms with Gasteiger partial charge in [-0.1, -0.05) is 30.3 Å². The number of rotatable bonds is 2. The molecule has 0 aromatic heterocycles. The van der Waals surface area contributed by atoms with E-state index in [1.165, 1.54) is 6.42 Å². The molecule has 2 aliphatic rings. The number of amides is 1. The zero-order valence-corrected chi connectivity index (χ0v) is 13.7. The SMILES string of the molecule is CC(C)(C(=O)N1CCC2NCCC2C1)c1ccccc1.Cl. The summed E-state index contributed by atoms with van der Waals surface area (Å²) in [5, 5.41) is 3.55. The van der Waals surface area contributed by atoms with Gasteiger partial charge in [0.2, 0.25) is 5.91 Å². The quantitative estimate of drug-likeness (QED) is 0.911. The number of likely N-dealkylation sites (tertiary alicyclic amines) is 1. The maximum atomic E-state index is 12.9. The molecule has 1 aromatic carbocycles. The van der Waals surface area contributed by atoms with Crippen molar-refractivity contribution in [3.63, 3.8) is 0 Å². The molecule has 0 bridgehead atoms. The van der Waals surface area contributed by atoms with Crippen molar-refractivity contribution in [1.29, 1.82) is 0 Å². The molecule has 3 nitrogen and oxygen atoms in total. The first-order valence-electron chi connectivity index (χ1n) is 7.67. The van der Waals surface area contributed by atoms with Crippen molar-refractivity contribution in [3.05, 3.63) is 35.9 Å². The smallest absolute Gasteiger partial charge is 0.232 e. The van der Waals surface area contributed by atoms with E-state index in [1.807, 2.05) is 32.0 Å². The Balaban J connectivity index is 0.00000161. The molecule has 1 N–H and O–H groups in total. The summed E-state index contributed by atoms with van der Waals surface area (Å²) >= 11 is 0. The lowest BCUT2D eigenvalue weighted by Gasteiger charge is -2.39. The van der Waals surface area contributed by atoms with Crippen LogP contribution in [0.5, 0.6) is 0 Å². The number of hydrogen-bond acceptors (Lipinski definition) is 2. The standard InChI is InChI=1S/C17H24N2O.ClH/c1-17(2,14-6-4-3-5-7-14)16(20)19-11-9-15-13(12-19)8-10-18-15;/h3-7,13,15,18H,8-12H2,1-2H3;1H. The fourth-order valence-electron chi connectivity index (χ4n) is 3.61. The van der Waals surface area contributed by atoms with Crippen LogP contribution < -0.4 is 5.32 Å². The highest BCUT2D eigenvalue weighted by atomic mass is 35.5. The van der Waals surface area contributed by atoms with Crippen molar-refractivity contribution >= 4 is 18.3 Å². The predicted octanol–water partition coefficient (Wildman–Crippen LogP) is 2.60. The molecule has 1 aromatic rings. The van der Waals surface area contributed by atoms with Crippen molar-refractivity contribution in [2.75, 3.05) is 19.6 Å². The number of halogens is 1. The maximum absolute atomic E-state index is 12.9. The minimum atomic E-state index is -0.430. The Hall–Kier alpha value is -1.06. The third kappa shape index (κ3) is 3.09. The van der Waals surface area contributed by atoms with Crippen LogP contribution in [0.25, 0.3) is 0 Å². The summed E-state index contributed by atoms with van der Waals surface area (Å²) in [6, 6.07) is 10.8. The van der Waals surface area contributed by atoms with Gasteiger partial charge in [0.05, 0.1) is 5.41 Å². The molecule has 0 spiro atoms. The minimum absolute atomic E-state index is 0. The highest BCUT2D eigenvalue weighted by Crippen LogP contribution is 2.30. The van der Waals surface area contributed by atoms with Crippen molar-refractivity contribution in [2.24, 2.45) is 5.92 Å². The minimum Gasteiger partial charge on any atom is -0.342 e. The summed E-state index contributed by atoms with van der Waals surface area (Å²) in [7, 11) is 0. The molecule has 1 amide bonds. The Morgan fingerprint density at radius 1 is 1.24 bits per heavy atom. The van der Waals surface area contributed by atoms with E-state index in [9.17, 15) is 4.79 Å². The number of nitrogens with one attached hydrogen (secondary N) is 1. The number of piperidine rings is 1. The first-order chi connectivity index (χ1) is 9.59. The van der Waals surface area contributed by atoms with Crippen LogP contribution in [0.1, 0.15) is 32.3 Å². The predicted molar refractivity (Wildman–Crippen MR) is 87.8 cm³/mol. The molecule has 2 aliphatic heterocycles. The number of carbonyl (C=O) groups is 1. The Kier molecular flexibility index (Phi) is 4.95. The zero-order chi connectivity index (χ0) is 14.2. The lowest BCUT2D eigenvalue weighted by Crippen LogP contribution is -2.51. The molecule has 116 valence electrons. The third-order valence-corrected chi connectivity index (χ3v) is 4.97. The van der Waals surface area contributed by atoms with E-state index in [2.05, 4.69) is 22.3 Å². The topological polar surface area (TPSA) is 32.3 Å². The van der Waals surface area contributed by atoms with Crippen LogP contribution in [0, 0.1) is 5.92 Å². The van der Waals surface area contributed by atoms with Gasteiger partial charge in [0.1, 0.15) is 0 Å². The fourth-order valence-corrected chi connectivity index (χ4v) is 3.61. The van der Waals surface area contributed by atoms with Gasteiger partial charge in [-0.25, -0.2) is 0 Å². The third-order valence-electron chi connectivity index (χ3n) is 4.97. The van der Waals surface area contributed by atoms with E-state index in [4.69, 9.17) is 0 Å². The van der Waals surface area contributed by atoms with Gasteiger partial charge in [0, 0.05) is 19.1 Å². The van der Waals surface area contributed by atoms with Gasteiger partial charge in [-0.2, -0.15) is 0 Å². The van der Waals surface area contributed by atoms with Crippen LogP contribution in [-0.4, -0.2) is 36.5 Å². The monoisotopic (exact) mass is 308 g/mol. The molecule has 2 saturated heterocycles. The lowest BCUT2D eigenvalue weighted by atomic mass is 9.82. The summed E-state index contributed by atoms with van der Waals surface area (Å²) in [6.07, 6.45) is 2.31. The van der Waals surface area contributed by atoms with Gasteiger partial charge in [-0.3, -0.25) is 4.79 Å². The first kappa shape index (κ1) is 16.3. The summed E-state index contributed by atoms with van der Waals surface area (Å²) in [5.41, 5.74) is 0.678. The number of fused-ring (bicyclic) bond motifs is 1. The molecule has 2 atom stereocenters. The van der Waals surface area contributed by atoms with Crippen LogP contribution in [0.2, 0.25) is 0 Å². The molecular formula is C17H25ClN2O. The highest BCUT2D eigenvalue weighted by Gasteiger charge is 2.39. The van der Waals surface area contributed by atoms with Gasteiger partial charge in [-0.15, -0.1) is 12.4 Å². The molecule has 21 heavy (non-hydrogen) atoms. The molecule has 2 unspecified atom stereocenters. The van der Waals surface area contributed by atoms with E-state index in [0.717, 1.165) is 31.6 Å². The lowest BCUT2D eigenvalue weighted by molar-refractivity contribution is -0.138. The summed E-state index contributed by atoms with van der Waals surface area (Å²) in [5.74, 6) is 0.924. The van der Waals surface area contributed by atoms with Crippen LogP contribution in [0.4, 0.5) is 0 Å². The Morgan fingerprint density at radius 2 is 1.95 bits per heavy atom. The van der Waals surface area contributed by atoms with Crippen molar-refractivity contribution in [2.45, 2.75) is 38.1 Å². The largest absolute Gasteiger partial charge is 0.342 e. The number of hydrogen-bond donors (Lipinski definition) is 1. The van der Waals surface area contributed by atoms with Crippen LogP contribution in [0.15, 0.2) is 30.3 Å². The van der Waals surface area contributed by atoms with E-state index in [1.54, 1.807) is 0 Å². The van der Waals surface area contributed by atoms with E-state index in [-0.39, 0.29) is 18.3 Å². The zero-order valence-electron chi connectivity index (χ0n) is 12.8. The van der Waals surface area contributed by atoms with Crippen molar-refractivity contribution < 1.29 is 4.79 Å². The first-order valence-corrected chi connectivity index (χ1v) is 7.67. The molecule has 0 radical (unpaired) electrons. The van der Waals surface area contributed by atoms with Crippen molar-refractivity contribution in [1.82, 2.24) is 10.2 Å². The molecule has 2 heterocycles. The summed E-state index contributed by atoms with van der Waals surface area (Å²) < 4.78 is 0. The van der Waals surface area contributed by atoms with Crippen LogP contribution >= 0.6 is 12.4 Å². The average Bonchev–Trinajstić information content (AvgIpc) is 2.94. The molecule has 0 aliphatic carbocycles. The van der Waals surface area contributed by atoms with E-state index >= 15 is 0 Å². The van der Waals surface area contributed by atoms with Gasteiger partial charge in [0.15, 0.2) is 0 Å². The normalized spacial score (nSPS) is 25.1. The number of benzene rings is 1. The molecule has 0 saturated carbocycles. The Bertz CT molecular complexity index is 489. The molecule has 4 heteroatoms. The second-order valence-corrected chi connectivity index (χ2v) is 6.64. The second kappa shape index (κ2) is 6.37. The Morgan fingerprint density at radius 3 is 2.67 bits per heavy atom. The fraction of sp³-hybridized carbons (Fsp3) is 0.588. The van der Waals surface area contributed by atoms with E-state index < -0.39 is 5.41 Å². The van der Waals surface area contributed by atoms with Gasteiger partial charge < -0.3 is 10.2 Å². The number of carbonyl (C=O) groups excluding carboxylic acids is 1. The van der Waals surface area contributed by atoms with E-state index in [0.29, 0.717) is 12.0 Å². The second-order valence-electron chi connectivity index (χ2n) is 6.64. The summed E-state index contributed by atoms with van der Waals surface area (Å²) in [4.78, 5) is 15.0. The van der Waals surface area contributed by atoms with Crippen molar-refractivity contribution in [3.8, 4) is 0 Å². The molecule has 3 rings (SSSR count). The van der Waals surface area contributed by atoms with Gasteiger partial charge in [0.25, 0.3) is 0 Å². The molecule has 2 fully saturated rings. The Labute approximate surface area is 133 Å². The molecular weight excluding hydrogens is 284 g/mol. The average molecular weight is 309 g/mol. The van der Waals surface area contributed by atoms with Gasteiger partial charge in [-0.05, 0) is 44.7 Å². The summed E-state index contributed by atoms with van der Waals surface area (Å²) in [6.45, 7) is 7.02. The highest BCUT2D eigenvalue weighted by molar-refractivity contribution is 5.87. The van der Waals surface area contributed by atoms with Crippen LogP contribution in [-0.2, 0) is 10.2 Å². The van der Waals surface area contributed by atoms with Gasteiger partial charge >= 0.3 is 0 Å².